The van der Waals surface area contributed by atoms with E-state index in [1.165, 1.54) is 17.7 Å². The van der Waals surface area contributed by atoms with Crippen LogP contribution in [-0.4, -0.2) is 40.8 Å². The minimum absolute atomic E-state index is 0.113. The highest BCUT2D eigenvalue weighted by Crippen LogP contribution is 2.29. The van der Waals surface area contributed by atoms with Gasteiger partial charge in [-0.15, -0.1) is 0 Å². The molecule has 0 aliphatic carbocycles. The summed E-state index contributed by atoms with van der Waals surface area (Å²) in [6.45, 7) is 1.21. The number of benzene rings is 2. The summed E-state index contributed by atoms with van der Waals surface area (Å²) in [5.74, 6) is -1.64. The van der Waals surface area contributed by atoms with Crippen molar-refractivity contribution in [3.05, 3.63) is 71.4 Å². The summed E-state index contributed by atoms with van der Waals surface area (Å²) in [5.41, 5.74) is 1.50. The highest BCUT2D eigenvalue weighted by molar-refractivity contribution is 6.11. The number of nitrogens with one attached hydrogen (secondary N) is 1. The molecule has 1 aromatic heterocycles. The van der Waals surface area contributed by atoms with E-state index < -0.39 is 17.5 Å². The van der Waals surface area contributed by atoms with Gasteiger partial charge < -0.3 is 9.88 Å². The van der Waals surface area contributed by atoms with Crippen LogP contribution in [0.3, 0.4) is 0 Å². The summed E-state index contributed by atoms with van der Waals surface area (Å²) in [7, 11) is 0. The number of alkyl halides is 3. The molecule has 2 aromatic carbocycles. The fraction of sp³-hybridized carbons (Fsp3) is 0.304. The standard InChI is InChI=1S/C23H21F3N2O2/c24-23(25,26)21(29)19-14-27-20-7-6-17(13-18(19)20)22(30)28-10-8-16(9-11-28)12-15-4-2-1-3-5-15/h1-7,13-14,16,27H,8-12H2. The molecule has 1 aliphatic heterocycles. The SMILES string of the molecule is O=C(c1ccc2[nH]cc(C(=O)C(F)(F)F)c2c1)N1CCC(Cc2ccccc2)CC1. The van der Waals surface area contributed by atoms with Crippen molar-refractivity contribution >= 4 is 22.6 Å². The molecule has 3 aromatic rings. The van der Waals surface area contributed by atoms with Gasteiger partial charge in [-0.3, -0.25) is 9.59 Å². The number of likely N-dealkylation sites (tertiary alicyclic amines) is 1. The van der Waals surface area contributed by atoms with Gasteiger partial charge in [0.25, 0.3) is 11.7 Å². The molecule has 1 fully saturated rings. The number of halogens is 3. The van der Waals surface area contributed by atoms with E-state index in [0.29, 0.717) is 30.1 Å². The zero-order valence-electron chi connectivity index (χ0n) is 16.2. The first-order chi connectivity index (χ1) is 14.3. The maximum atomic E-state index is 12.9. The molecule has 30 heavy (non-hydrogen) atoms. The number of amides is 1. The van der Waals surface area contributed by atoms with Crippen molar-refractivity contribution in [1.82, 2.24) is 9.88 Å². The van der Waals surface area contributed by atoms with Crippen LogP contribution in [0.5, 0.6) is 0 Å². The maximum absolute atomic E-state index is 12.9. The highest BCUT2D eigenvalue weighted by atomic mass is 19.4. The van der Waals surface area contributed by atoms with E-state index in [-0.39, 0.29) is 11.3 Å². The van der Waals surface area contributed by atoms with Gasteiger partial charge in [-0.1, -0.05) is 30.3 Å². The minimum Gasteiger partial charge on any atom is -0.360 e. The number of hydrogen-bond acceptors (Lipinski definition) is 2. The first kappa shape index (κ1) is 20.2. The van der Waals surface area contributed by atoms with E-state index in [1.807, 2.05) is 18.2 Å². The topological polar surface area (TPSA) is 53.2 Å². The summed E-state index contributed by atoms with van der Waals surface area (Å²) in [5, 5.41) is 0.113. The van der Waals surface area contributed by atoms with Crippen molar-refractivity contribution in [1.29, 1.82) is 0 Å². The van der Waals surface area contributed by atoms with Gasteiger partial charge >= 0.3 is 6.18 Å². The van der Waals surface area contributed by atoms with E-state index in [4.69, 9.17) is 0 Å². The Hall–Kier alpha value is -3.09. The Kier molecular flexibility index (Phi) is 5.37. The van der Waals surface area contributed by atoms with Crippen molar-refractivity contribution in [2.75, 3.05) is 13.1 Å². The monoisotopic (exact) mass is 414 g/mol. The van der Waals surface area contributed by atoms with Crippen LogP contribution < -0.4 is 0 Å². The van der Waals surface area contributed by atoms with Gasteiger partial charge in [-0.05, 0) is 48.9 Å². The summed E-state index contributed by atoms with van der Waals surface area (Å²) >= 11 is 0. The first-order valence-electron chi connectivity index (χ1n) is 9.89. The van der Waals surface area contributed by atoms with Gasteiger partial charge in [-0.2, -0.15) is 13.2 Å². The van der Waals surface area contributed by atoms with Crippen LogP contribution >= 0.6 is 0 Å². The molecular weight excluding hydrogens is 393 g/mol. The van der Waals surface area contributed by atoms with Crippen molar-refractivity contribution in [2.45, 2.75) is 25.4 Å². The fourth-order valence-corrected chi connectivity index (χ4v) is 4.06. The number of aromatic nitrogens is 1. The summed E-state index contributed by atoms with van der Waals surface area (Å²) < 4.78 is 38.5. The van der Waals surface area contributed by atoms with Gasteiger partial charge in [0, 0.05) is 35.8 Å². The quantitative estimate of drug-likeness (QED) is 0.611. The fourth-order valence-electron chi connectivity index (χ4n) is 4.06. The Balaban J connectivity index is 1.47. The van der Waals surface area contributed by atoms with Crippen molar-refractivity contribution < 1.29 is 22.8 Å². The van der Waals surface area contributed by atoms with Crippen LogP contribution in [0, 0.1) is 5.92 Å². The number of H-pyrrole nitrogens is 1. The predicted octanol–water partition coefficient (Wildman–Crippen LogP) is 5.01. The number of aromatic amines is 1. The Labute approximate surface area is 171 Å². The van der Waals surface area contributed by atoms with Crippen molar-refractivity contribution in [3.8, 4) is 0 Å². The number of rotatable bonds is 4. The van der Waals surface area contributed by atoms with Crippen LogP contribution in [0.2, 0.25) is 0 Å². The number of Topliss-reactive ketones (excluding diaryl/α,β-unsaturated/α-hetero) is 1. The van der Waals surface area contributed by atoms with E-state index in [1.54, 1.807) is 11.0 Å². The van der Waals surface area contributed by atoms with Gasteiger partial charge in [-0.25, -0.2) is 0 Å². The molecule has 7 heteroatoms. The smallest absolute Gasteiger partial charge is 0.360 e. The third-order valence-corrected chi connectivity index (χ3v) is 5.70. The Bertz CT molecular complexity index is 1060. The van der Waals surface area contributed by atoms with E-state index in [0.717, 1.165) is 25.5 Å². The number of nitrogens with zero attached hydrogens (tertiary/aromatic N) is 1. The number of ketones is 1. The van der Waals surface area contributed by atoms with Gasteiger partial charge in [0.2, 0.25) is 0 Å². The van der Waals surface area contributed by atoms with Crippen LogP contribution in [0.4, 0.5) is 13.2 Å². The molecule has 156 valence electrons. The molecule has 1 amide bonds. The Morgan fingerprint density at radius 1 is 1.03 bits per heavy atom. The molecule has 0 saturated carbocycles. The number of fused-ring (bicyclic) bond motifs is 1. The molecule has 0 unspecified atom stereocenters. The van der Waals surface area contributed by atoms with Gasteiger partial charge in [0.05, 0.1) is 5.56 Å². The lowest BCUT2D eigenvalue weighted by Gasteiger charge is -2.32. The lowest BCUT2D eigenvalue weighted by Crippen LogP contribution is -2.38. The second-order valence-corrected chi connectivity index (χ2v) is 7.71. The third kappa shape index (κ3) is 4.10. The van der Waals surface area contributed by atoms with Crippen molar-refractivity contribution in [3.63, 3.8) is 0 Å². The molecule has 0 radical (unpaired) electrons. The lowest BCUT2D eigenvalue weighted by atomic mass is 9.90. The average Bonchev–Trinajstić information content (AvgIpc) is 3.16. The van der Waals surface area contributed by atoms with Crippen LogP contribution in [0.25, 0.3) is 10.9 Å². The van der Waals surface area contributed by atoms with E-state index in [2.05, 4.69) is 17.1 Å². The number of carbonyl (C=O) groups is 2. The number of carbonyl (C=O) groups excluding carboxylic acids is 2. The largest absolute Gasteiger partial charge is 0.454 e. The van der Waals surface area contributed by atoms with Crippen LogP contribution in [0.1, 0.15) is 39.1 Å². The summed E-state index contributed by atoms with van der Waals surface area (Å²) in [6.07, 6.45) is -1.18. The predicted molar refractivity (Wildman–Crippen MR) is 107 cm³/mol. The molecule has 4 nitrogen and oxygen atoms in total. The Morgan fingerprint density at radius 3 is 2.40 bits per heavy atom. The van der Waals surface area contributed by atoms with Gasteiger partial charge in [0.15, 0.2) is 0 Å². The Morgan fingerprint density at radius 2 is 1.73 bits per heavy atom. The molecule has 0 spiro atoms. The van der Waals surface area contributed by atoms with E-state index >= 15 is 0 Å². The first-order valence-corrected chi connectivity index (χ1v) is 9.89. The normalized spacial score (nSPS) is 15.5. The maximum Gasteiger partial charge on any atom is 0.454 e. The molecule has 2 heterocycles. The zero-order valence-corrected chi connectivity index (χ0v) is 16.2. The summed E-state index contributed by atoms with van der Waals surface area (Å²) in [4.78, 5) is 29.0. The van der Waals surface area contributed by atoms with Crippen LogP contribution in [-0.2, 0) is 6.42 Å². The highest BCUT2D eigenvalue weighted by Gasteiger charge is 2.40. The zero-order chi connectivity index (χ0) is 21.3. The third-order valence-electron chi connectivity index (χ3n) is 5.70. The molecule has 4 rings (SSSR count). The minimum atomic E-state index is -4.96. The van der Waals surface area contributed by atoms with Crippen molar-refractivity contribution in [2.24, 2.45) is 5.92 Å². The second-order valence-electron chi connectivity index (χ2n) is 7.71. The molecule has 1 aliphatic rings. The number of hydrogen-bond donors (Lipinski definition) is 1. The molecular formula is C23H21F3N2O2. The molecule has 0 atom stereocenters. The van der Waals surface area contributed by atoms with Crippen LogP contribution in [0.15, 0.2) is 54.7 Å². The molecule has 1 saturated heterocycles. The second kappa shape index (κ2) is 7.97. The van der Waals surface area contributed by atoms with E-state index in [9.17, 15) is 22.8 Å². The lowest BCUT2D eigenvalue weighted by molar-refractivity contribution is -0.0884. The molecule has 0 bridgehead atoms. The average molecular weight is 414 g/mol. The van der Waals surface area contributed by atoms with Gasteiger partial charge in [0.1, 0.15) is 0 Å². The number of piperidine rings is 1. The molecule has 1 N–H and O–H groups in total. The summed E-state index contributed by atoms with van der Waals surface area (Å²) in [6, 6.07) is 14.7.